The van der Waals surface area contributed by atoms with Gasteiger partial charge in [-0.05, 0) is 23.3 Å². The van der Waals surface area contributed by atoms with Crippen molar-refractivity contribution < 1.29 is 41.4 Å². The standard InChI is InChI=1S/C20H11F6NO3/c21-19(22,23)12-5-8(6-13(11(12)7-27)20(24,25)26)18(30)14-15(18)17(29)10-4-2-1-3-9(10)16(14)28/h1-6,14-16,28,30H/t14-,15?,16?,18?/m1/s1. The summed E-state index contributed by atoms with van der Waals surface area (Å²) in [6, 6.07) is 7.17. The molecule has 0 radical (unpaired) electrons. The number of aliphatic hydroxyl groups excluding tert-OH is 1. The van der Waals surface area contributed by atoms with Crippen molar-refractivity contribution in [2.45, 2.75) is 24.1 Å². The van der Waals surface area contributed by atoms with Gasteiger partial charge in [-0.15, -0.1) is 0 Å². The number of rotatable bonds is 1. The number of nitriles is 1. The van der Waals surface area contributed by atoms with Gasteiger partial charge in [0.2, 0.25) is 0 Å². The normalized spacial score (nSPS) is 27.8. The molecule has 2 aromatic carbocycles. The van der Waals surface area contributed by atoms with Crippen LogP contribution in [0.5, 0.6) is 0 Å². The van der Waals surface area contributed by atoms with Gasteiger partial charge in [-0.3, -0.25) is 4.79 Å². The maximum atomic E-state index is 13.4. The number of carbonyl (C=O) groups excluding carboxylic acids is 1. The van der Waals surface area contributed by atoms with Gasteiger partial charge in [-0.25, -0.2) is 0 Å². The predicted molar refractivity (Wildman–Crippen MR) is 87.8 cm³/mol. The van der Waals surface area contributed by atoms with Crippen LogP contribution < -0.4 is 0 Å². The second-order valence-electron chi connectivity index (χ2n) is 7.28. The summed E-state index contributed by atoms with van der Waals surface area (Å²) in [4.78, 5) is 12.7. The highest BCUT2D eigenvalue weighted by molar-refractivity contribution is 6.04. The lowest BCUT2D eigenvalue weighted by molar-refractivity contribution is -0.143. The van der Waals surface area contributed by atoms with E-state index in [1.54, 1.807) is 0 Å². The first-order chi connectivity index (χ1) is 13.8. The monoisotopic (exact) mass is 427 g/mol. The van der Waals surface area contributed by atoms with Gasteiger partial charge in [0.1, 0.15) is 11.7 Å². The van der Waals surface area contributed by atoms with E-state index in [4.69, 9.17) is 5.26 Å². The fourth-order valence-corrected chi connectivity index (χ4v) is 4.34. The van der Waals surface area contributed by atoms with Crippen LogP contribution in [0.15, 0.2) is 36.4 Å². The summed E-state index contributed by atoms with van der Waals surface area (Å²) in [5.74, 6) is -3.40. The van der Waals surface area contributed by atoms with Crippen LogP contribution in [0.4, 0.5) is 26.3 Å². The Labute approximate surface area is 165 Å². The SMILES string of the molecule is N#Cc1c(C(F)(F)F)cc(C2(O)C3C(=O)c4ccccc4C(O)[C@@H]32)cc1C(F)(F)F. The third-order valence-corrected chi connectivity index (χ3v) is 5.72. The minimum Gasteiger partial charge on any atom is -0.388 e. The number of carbonyl (C=O) groups is 1. The van der Waals surface area contributed by atoms with Gasteiger partial charge in [0, 0.05) is 11.5 Å². The number of alkyl halides is 6. The lowest BCUT2D eigenvalue weighted by Gasteiger charge is -2.20. The van der Waals surface area contributed by atoms with Crippen LogP contribution in [0.25, 0.3) is 0 Å². The van der Waals surface area contributed by atoms with Crippen molar-refractivity contribution in [1.82, 2.24) is 0 Å². The van der Waals surface area contributed by atoms with E-state index in [0.29, 0.717) is 0 Å². The Morgan fingerprint density at radius 1 is 1.00 bits per heavy atom. The molecule has 0 amide bonds. The zero-order valence-corrected chi connectivity index (χ0v) is 14.7. The molecule has 156 valence electrons. The molecule has 0 saturated heterocycles. The van der Waals surface area contributed by atoms with E-state index < -0.39 is 63.9 Å². The fraction of sp³-hybridized carbons (Fsp3) is 0.300. The Morgan fingerprint density at radius 3 is 2.03 bits per heavy atom. The smallest absolute Gasteiger partial charge is 0.388 e. The predicted octanol–water partition coefficient (Wildman–Crippen LogP) is 3.96. The van der Waals surface area contributed by atoms with Gasteiger partial charge in [0.15, 0.2) is 5.78 Å². The summed E-state index contributed by atoms with van der Waals surface area (Å²) in [7, 11) is 0. The van der Waals surface area contributed by atoms with Gasteiger partial charge >= 0.3 is 12.4 Å². The van der Waals surface area contributed by atoms with Crippen molar-refractivity contribution in [3.63, 3.8) is 0 Å². The zero-order valence-electron chi connectivity index (χ0n) is 14.7. The average molecular weight is 427 g/mol. The van der Waals surface area contributed by atoms with E-state index >= 15 is 0 Å². The number of halogens is 6. The highest BCUT2D eigenvalue weighted by Gasteiger charge is 2.73. The van der Waals surface area contributed by atoms with Crippen molar-refractivity contribution >= 4 is 5.78 Å². The molecule has 2 aliphatic carbocycles. The summed E-state index contributed by atoms with van der Waals surface area (Å²) in [5, 5.41) is 30.5. The van der Waals surface area contributed by atoms with Gasteiger partial charge in [0.05, 0.1) is 28.7 Å². The Hall–Kier alpha value is -2.90. The highest BCUT2D eigenvalue weighted by atomic mass is 19.4. The number of ketones is 1. The first kappa shape index (κ1) is 20.4. The van der Waals surface area contributed by atoms with E-state index in [1.807, 2.05) is 0 Å². The molecule has 0 bridgehead atoms. The van der Waals surface area contributed by atoms with Crippen molar-refractivity contribution in [1.29, 1.82) is 5.26 Å². The minimum absolute atomic E-state index is 0.0444. The van der Waals surface area contributed by atoms with E-state index in [0.717, 1.165) is 6.07 Å². The quantitative estimate of drug-likeness (QED) is 0.676. The molecule has 0 aliphatic heterocycles. The van der Waals surface area contributed by atoms with Crippen molar-refractivity contribution in [2.24, 2.45) is 11.8 Å². The molecule has 3 unspecified atom stereocenters. The minimum atomic E-state index is -5.32. The summed E-state index contributed by atoms with van der Waals surface area (Å²) >= 11 is 0. The van der Waals surface area contributed by atoms with Crippen LogP contribution >= 0.6 is 0 Å². The lowest BCUT2D eigenvalue weighted by atomic mass is 9.89. The van der Waals surface area contributed by atoms with Crippen LogP contribution in [0.1, 0.15) is 44.3 Å². The summed E-state index contributed by atoms with van der Waals surface area (Å²) in [5.41, 5.74) is -8.44. The molecule has 4 atom stereocenters. The molecule has 0 spiro atoms. The molecule has 4 nitrogen and oxygen atoms in total. The second kappa shape index (κ2) is 6.06. The average Bonchev–Trinajstić information content (AvgIpc) is 3.31. The van der Waals surface area contributed by atoms with E-state index in [-0.39, 0.29) is 23.3 Å². The van der Waals surface area contributed by atoms with E-state index in [1.165, 1.54) is 24.3 Å². The number of nitrogens with zero attached hydrogens (tertiary/aromatic N) is 1. The molecule has 0 aromatic heterocycles. The molecule has 2 aromatic rings. The number of aliphatic hydroxyl groups is 2. The van der Waals surface area contributed by atoms with Crippen molar-refractivity contribution in [2.75, 3.05) is 0 Å². The Balaban J connectivity index is 1.93. The van der Waals surface area contributed by atoms with Crippen LogP contribution in [0, 0.1) is 23.2 Å². The molecule has 10 heteroatoms. The van der Waals surface area contributed by atoms with Gasteiger partial charge < -0.3 is 10.2 Å². The van der Waals surface area contributed by atoms with Crippen LogP contribution in [-0.2, 0) is 18.0 Å². The highest BCUT2D eigenvalue weighted by Crippen LogP contribution is 2.67. The molecule has 0 heterocycles. The molecule has 1 fully saturated rings. The Kier molecular flexibility index (Phi) is 4.11. The largest absolute Gasteiger partial charge is 0.417 e. The number of fused-ring (bicyclic) bond motifs is 2. The van der Waals surface area contributed by atoms with Gasteiger partial charge in [-0.1, -0.05) is 24.3 Å². The second-order valence-corrected chi connectivity index (χ2v) is 7.28. The molecule has 1 saturated carbocycles. The molecule has 2 aliphatic rings. The first-order valence-corrected chi connectivity index (χ1v) is 8.60. The van der Waals surface area contributed by atoms with E-state index in [9.17, 15) is 41.4 Å². The Bertz CT molecular complexity index is 1080. The van der Waals surface area contributed by atoms with Crippen LogP contribution in [-0.4, -0.2) is 16.0 Å². The molecule has 2 N–H and O–H groups in total. The third kappa shape index (κ3) is 2.66. The molecule has 30 heavy (non-hydrogen) atoms. The summed E-state index contributed by atoms with van der Waals surface area (Å²) in [6.45, 7) is 0. The Morgan fingerprint density at radius 2 is 1.53 bits per heavy atom. The maximum absolute atomic E-state index is 13.4. The third-order valence-electron chi connectivity index (χ3n) is 5.72. The zero-order chi connectivity index (χ0) is 22.2. The summed E-state index contributed by atoms with van der Waals surface area (Å²) < 4.78 is 80.5. The number of hydrogen-bond acceptors (Lipinski definition) is 4. The van der Waals surface area contributed by atoms with E-state index in [2.05, 4.69) is 0 Å². The molecule has 4 rings (SSSR count). The number of hydrogen-bond donors (Lipinski definition) is 2. The van der Waals surface area contributed by atoms with Crippen LogP contribution in [0.2, 0.25) is 0 Å². The first-order valence-electron chi connectivity index (χ1n) is 8.60. The molecular weight excluding hydrogens is 416 g/mol. The topological polar surface area (TPSA) is 81.3 Å². The number of Topliss-reactive ketones (excluding diaryl/α,β-unsaturated/α-hetero) is 1. The fourth-order valence-electron chi connectivity index (χ4n) is 4.34. The maximum Gasteiger partial charge on any atom is 0.417 e. The van der Waals surface area contributed by atoms with Crippen molar-refractivity contribution in [3.8, 4) is 6.07 Å². The van der Waals surface area contributed by atoms with Gasteiger partial charge in [0.25, 0.3) is 0 Å². The van der Waals surface area contributed by atoms with Gasteiger partial charge in [-0.2, -0.15) is 31.6 Å². The van der Waals surface area contributed by atoms with Crippen molar-refractivity contribution in [3.05, 3.63) is 69.8 Å². The lowest BCUT2D eigenvalue weighted by Crippen LogP contribution is -2.21. The molecular formula is C20H11F6NO3. The summed E-state index contributed by atoms with van der Waals surface area (Å²) in [6.07, 6.45) is -12.1. The van der Waals surface area contributed by atoms with Crippen LogP contribution in [0.3, 0.4) is 0 Å². The number of benzene rings is 2.